The molecule has 0 aliphatic heterocycles. The van der Waals surface area contributed by atoms with Gasteiger partial charge in [0.15, 0.2) is 5.69 Å². The van der Waals surface area contributed by atoms with Crippen molar-refractivity contribution < 1.29 is 9.90 Å². The lowest BCUT2D eigenvalue weighted by Crippen LogP contribution is -2.02. The van der Waals surface area contributed by atoms with Gasteiger partial charge in [0.05, 0.1) is 0 Å². The van der Waals surface area contributed by atoms with E-state index in [2.05, 4.69) is 26.1 Å². The van der Waals surface area contributed by atoms with Crippen LogP contribution >= 0.6 is 15.9 Å². The largest absolute Gasteiger partial charge is 0.476 e. The van der Waals surface area contributed by atoms with Crippen molar-refractivity contribution in [3.63, 3.8) is 0 Å². The normalized spacial score (nSPS) is 10.7. The van der Waals surface area contributed by atoms with Crippen molar-refractivity contribution in [2.45, 2.75) is 19.8 Å². The van der Waals surface area contributed by atoms with Gasteiger partial charge in [0.2, 0.25) is 0 Å². The van der Waals surface area contributed by atoms with Crippen LogP contribution in [0.5, 0.6) is 0 Å². The van der Waals surface area contributed by atoms with Gasteiger partial charge in [0.25, 0.3) is 0 Å². The molecule has 5 heteroatoms. The van der Waals surface area contributed by atoms with E-state index in [9.17, 15) is 4.79 Å². The Morgan fingerprint density at radius 3 is 2.58 bits per heavy atom. The summed E-state index contributed by atoms with van der Waals surface area (Å²) in [5.41, 5.74) is 0.805. The number of aromatic nitrogens is 2. The molecule has 0 fully saturated rings. The maximum absolute atomic E-state index is 10.6. The van der Waals surface area contributed by atoms with Crippen molar-refractivity contribution in [2.24, 2.45) is 0 Å². The molecule has 0 unspecified atom stereocenters. The highest BCUT2D eigenvalue weighted by molar-refractivity contribution is 9.10. The standard InChI is InChI=1S/C7H9BrN2O2/c1-3(2)4-5(7(11)12)9-10-6(4)8/h3H,1-2H3,(H,9,10)(H,11,12). The number of H-pyrrole nitrogens is 1. The van der Waals surface area contributed by atoms with Gasteiger partial charge < -0.3 is 5.11 Å². The van der Waals surface area contributed by atoms with E-state index >= 15 is 0 Å². The van der Waals surface area contributed by atoms with Crippen molar-refractivity contribution >= 4 is 21.9 Å². The molecule has 0 saturated heterocycles. The maximum Gasteiger partial charge on any atom is 0.356 e. The van der Waals surface area contributed by atoms with Crippen molar-refractivity contribution in [1.29, 1.82) is 0 Å². The number of halogens is 1. The number of carbonyl (C=O) groups is 1. The van der Waals surface area contributed by atoms with Gasteiger partial charge in [-0.05, 0) is 21.8 Å². The molecule has 12 heavy (non-hydrogen) atoms. The van der Waals surface area contributed by atoms with Crippen molar-refractivity contribution in [1.82, 2.24) is 10.2 Å². The van der Waals surface area contributed by atoms with E-state index in [1.54, 1.807) is 0 Å². The van der Waals surface area contributed by atoms with E-state index in [1.165, 1.54) is 0 Å². The predicted octanol–water partition coefficient (Wildman–Crippen LogP) is 1.99. The molecule has 0 aliphatic rings. The summed E-state index contributed by atoms with van der Waals surface area (Å²) < 4.78 is 0.648. The summed E-state index contributed by atoms with van der Waals surface area (Å²) in [6, 6.07) is 0. The molecule has 2 N–H and O–H groups in total. The van der Waals surface area contributed by atoms with Crippen LogP contribution in [0.1, 0.15) is 35.8 Å². The van der Waals surface area contributed by atoms with Crippen LogP contribution in [0.3, 0.4) is 0 Å². The van der Waals surface area contributed by atoms with Gasteiger partial charge in [-0.3, -0.25) is 5.10 Å². The second-order valence-electron chi connectivity index (χ2n) is 2.76. The van der Waals surface area contributed by atoms with E-state index in [0.29, 0.717) is 10.2 Å². The number of hydrogen-bond acceptors (Lipinski definition) is 2. The Morgan fingerprint density at radius 2 is 2.25 bits per heavy atom. The number of hydrogen-bond donors (Lipinski definition) is 2. The number of carboxylic acid groups (broad SMARTS) is 1. The molecule has 0 radical (unpaired) electrons. The molecule has 0 spiro atoms. The van der Waals surface area contributed by atoms with E-state index in [0.717, 1.165) is 0 Å². The highest BCUT2D eigenvalue weighted by atomic mass is 79.9. The fourth-order valence-corrected chi connectivity index (χ4v) is 1.75. The van der Waals surface area contributed by atoms with E-state index in [4.69, 9.17) is 5.11 Å². The van der Waals surface area contributed by atoms with Crippen molar-refractivity contribution in [3.05, 3.63) is 15.9 Å². The van der Waals surface area contributed by atoms with E-state index < -0.39 is 5.97 Å². The lowest BCUT2D eigenvalue weighted by Gasteiger charge is -2.02. The fraction of sp³-hybridized carbons (Fsp3) is 0.429. The first-order valence-electron chi connectivity index (χ1n) is 3.51. The SMILES string of the molecule is CC(C)c1c(C(=O)O)n[nH]c1Br. The third kappa shape index (κ3) is 1.50. The Labute approximate surface area is 78.1 Å². The molecule has 0 amide bonds. The van der Waals surface area contributed by atoms with Gasteiger partial charge >= 0.3 is 5.97 Å². The highest BCUT2D eigenvalue weighted by Gasteiger charge is 2.19. The highest BCUT2D eigenvalue weighted by Crippen LogP contribution is 2.25. The van der Waals surface area contributed by atoms with Gasteiger partial charge in [0, 0.05) is 5.56 Å². The first kappa shape index (κ1) is 9.25. The van der Waals surface area contributed by atoms with Gasteiger partial charge in [-0.2, -0.15) is 5.10 Å². The molecule has 1 rings (SSSR count). The smallest absolute Gasteiger partial charge is 0.356 e. The van der Waals surface area contributed by atoms with Crippen LogP contribution in [0.2, 0.25) is 0 Å². The second kappa shape index (κ2) is 3.26. The molecule has 66 valence electrons. The zero-order valence-corrected chi connectivity index (χ0v) is 8.34. The minimum Gasteiger partial charge on any atom is -0.476 e. The van der Waals surface area contributed by atoms with Crippen LogP contribution < -0.4 is 0 Å². The van der Waals surface area contributed by atoms with Gasteiger partial charge in [-0.25, -0.2) is 4.79 Å². The maximum atomic E-state index is 10.6. The summed E-state index contributed by atoms with van der Waals surface area (Å²) in [5, 5.41) is 15.0. The van der Waals surface area contributed by atoms with Crippen LogP contribution in [0, 0.1) is 0 Å². The Kier molecular flexibility index (Phi) is 2.52. The monoisotopic (exact) mass is 232 g/mol. The van der Waals surface area contributed by atoms with Crippen LogP contribution in [0.4, 0.5) is 0 Å². The average molecular weight is 233 g/mol. The second-order valence-corrected chi connectivity index (χ2v) is 3.55. The molecule has 0 bridgehead atoms. The van der Waals surface area contributed by atoms with Crippen molar-refractivity contribution in [2.75, 3.05) is 0 Å². The number of aromatic amines is 1. The topological polar surface area (TPSA) is 66.0 Å². The molecule has 0 aromatic carbocycles. The minimum absolute atomic E-state index is 0.0943. The number of nitrogens with one attached hydrogen (secondary N) is 1. The molecular formula is C7H9BrN2O2. The van der Waals surface area contributed by atoms with Crippen LogP contribution in [-0.4, -0.2) is 21.3 Å². The molecule has 0 atom stereocenters. The summed E-state index contributed by atoms with van der Waals surface area (Å²) >= 11 is 3.20. The third-order valence-electron chi connectivity index (χ3n) is 1.54. The average Bonchev–Trinajstić information content (AvgIpc) is 2.30. The molecular weight excluding hydrogens is 224 g/mol. The number of carboxylic acids is 1. The molecule has 0 saturated carbocycles. The number of aromatic carboxylic acids is 1. The summed E-state index contributed by atoms with van der Waals surface area (Å²) in [6.45, 7) is 3.84. The molecule has 4 nitrogen and oxygen atoms in total. The predicted molar refractivity (Wildman–Crippen MR) is 47.3 cm³/mol. The van der Waals surface area contributed by atoms with Crippen molar-refractivity contribution in [3.8, 4) is 0 Å². The lowest BCUT2D eigenvalue weighted by molar-refractivity contribution is 0.0689. The summed E-state index contributed by atoms with van der Waals surface area (Å²) in [7, 11) is 0. The zero-order valence-electron chi connectivity index (χ0n) is 6.76. The summed E-state index contributed by atoms with van der Waals surface area (Å²) in [4.78, 5) is 10.6. The lowest BCUT2D eigenvalue weighted by atomic mass is 10.0. The molecule has 0 aliphatic carbocycles. The Balaban J connectivity index is 3.21. The summed E-state index contributed by atoms with van der Waals surface area (Å²) in [6.07, 6.45) is 0. The van der Waals surface area contributed by atoms with Crippen LogP contribution in [0.15, 0.2) is 4.60 Å². The van der Waals surface area contributed by atoms with Gasteiger partial charge in [0.1, 0.15) is 4.60 Å². The van der Waals surface area contributed by atoms with Gasteiger partial charge in [-0.15, -0.1) is 0 Å². The number of nitrogens with zero attached hydrogens (tertiary/aromatic N) is 1. The summed E-state index contributed by atoms with van der Waals surface area (Å²) in [5.74, 6) is -0.857. The third-order valence-corrected chi connectivity index (χ3v) is 2.14. The van der Waals surface area contributed by atoms with E-state index in [-0.39, 0.29) is 11.6 Å². The zero-order chi connectivity index (χ0) is 9.30. The van der Waals surface area contributed by atoms with Crippen LogP contribution in [-0.2, 0) is 0 Å². The molecule has 1 heterocycles. The first-order valence-corrected chi connectivity index (χ1v) is 4.30. The van der Waals surface area contributed by atoms with E-state index in [1.807, 2.05) is 13.8 Å². The Morgan fingerprint density at radius 1 is 1.67 bits per heavy atom. The Bertz CT molecular complexity index is 306. The van der Waals surface area contributed by atoms with Gasteiger partial charge in [-0.1, -0.05) is 13.8 Å². The minimum atomic E-state index is -0.999. The Hall–Kier alpha value is -0.840. The molecule has 1 aromatic rings. The van der Waals surface area contributed by atoms with Crippen LogP contribution in [0.25, 0.3) is 0 Å². The number of rotatable bonds is 2. The first-order chi connectivity index (χ1) is 5.54. The quantitative estimate of drug-likeness (QED) is 0.820. The molecule has 1 aromatic heterocycles. The fourth-order valence-electron chi connectivity index (χ4n) is 1.02.